The molecule has 1 unspecified atom stereocenters. The minimum Gasteiger partial charge on any atom is -0.465 e. The second kappa shape index (κ2) is 5.89. The van der Waals surface area contributed by atoms with Crippen LogP contribution in [0.15, 0.2) is 35.0 Å². The smallest absolute Gasteiger partial charge is 0.339 e. The van der Waals surface area contributed by atoms with E-state index in [2.05, 4.69) is 23.7 Å². The van der Waals surface area contributed by atoms with E-state index >= 15 is 0 Å². The van der Waals surface area contributed by atoms with Gasteiger partial charge in [0.15, 0.2) is 0 Å². The van der Waals surface area contributed by atoms with E-state index in [1.165, 1.54) is 12.7 Å². The van der Waals surface area contributed by atoms with E-state index < -0.39 is 0 Å². The molecule has 0 saturated carbocycles. The van der Waals surface area contributed by atoms with Gasteiger partial charge in [-0.3, -0.25) is 0 Å². The van der Waals surface area contributed by atoms with E-state index in [0.717, 1.165) is 11.3 Å². The van der Waals surface area contributed by atoms with Crippen molar-refractivity contribution in [3.05, 3.63) is 51.7 Å². The molecular formula is C15H17NO2S. The number of hydrogen-bond donors (Lipinski definition) is 1. The summed E-state index contributed by atoms with van der Waals surface area (Å²) in [6, 6.07) is 7.97. The quantitative estimate of drug-likeness (QED) is 0.857. The van der Waals surface area contributed by atoms with Gasteiger partial charge in [-0.1, -0.05) is 11.6 Å². The molecule has 1 atom stereocenters. The minimum absolute atomic E-state index is 0.150. The molecule has 0 aliphatic heterocycles. The Bertz CT molecular complexity index is 564. The number of esters is 1. The number of anilines is 1. The zero-order chi connectivity index (χ0) is 13.8. The first-order chi connectivity index (χ1) is 9.11. The van der Waals surface area contributed by atoms with E-state index in [1.54, 1.807) is 11.3 Å². The van der Waals surface area contributed by atoms with E-state index in [9.17, 15) is 4.79 Å². The summed E-state index contributed by atoms with van der Waals surface area (Å²) in [6.45, 7) is 4.03. The monoisotopic (exact) mass is 275 g/mol. The molecule has 0 aliphatic rings. The third kappa shape index (κ3) is 3.15. The number of carbonyl (C=O) groups is 1. The van der Waals surface area contributed by atoms with Crippen molar-refractivity contribution < 1.29 is 9.53 Å². The molecule has 0 bridgehead atoms. The predicted molar refractivity (Wildman–Crippen MR) is 78.9 cm³/mol. The summed E-state index contributed by atoms with van der Waals surface area (Å²) in [6.07, 6.45) is 0. The Morgan fingerprint density at radius 1 is 1.37 bits per heavy atom. The van der Waals surface area contributed by atoms with Crippen molar-refractivity contribution in [1.29, 1.82) is 0 Å². The van der Waals surface area contributed by atoms with Crippen LogP contribution in [0.1, 0.15) is 34.5 Å². The largest absolute Gasteiger partial charge is 0.465 e. The molecule has 0 amide bonds. The molecular weight excluding hydrogens is 258 g/mol. The van der Waals surface area contributed by atoms with Crippen LogP contribution >= 0.6 is 11.3 Å². The van der Waals surface area contributed by atoms with E-state index in [-0.39, 0.29) is 12.0 Å². The maximum absolute atomic E-state index is 11.8. The molecule has 2 aromatic rings. The number of thiophene rings is 1. The van der Waals surface area contributed by atoms with E-state index in [4.69, 9.17) is 4.74 Å². The maximum atomic E-state index is 11.8. The van der Waals surface area contributed by atoms with Gasteiger partial charge in [0, 0.05) is 11.7 Å². The fourth-order valence-corrected chi connectivity index (χ4v) is 2.65. The Balaban J connectivity index is 2.27. The van der Waals surface area contributed by atoms with Crippen LogP contribution in [0.5, 0.6) is 0 Å². The summed E-state index contributed by atoms with van der Waals surface area (Å²) < 4.78 is 4.83. The lowest BCUT2D eigenvalue weighted by Crippen LogP contribution is -2.11. The third-order valence-electron chi connectivity index (χ3n) is 3.00. The molecule has 0 saturated heterocycles. The molecule has 1 heterocycles. The van der Waals surface area contributed by atoms with Crippen LogP contribution in [0.2, 0.25) is 0 Å². The average Bonchev–Trinajstić information content (AvgIpc) is 2.94. The van der Waals surface area contributed by atoms with Crippen LogP contribution in [0.25, 0.3) is 0 Å². The summed E-state index contributed by atoms with van der Waals surface area (Å²) >= 11 is 1.66. The zero-order valence-corrected chi connectivity index (χ0v) is 12.1. The Morgan fingerprint density at radius 3 is 2.79 bits per heavy atom. The number of aryl methyl sites for hydroxylation is 1. The fraction of sp³-hybridized carbons (Fsp3) is 0.267. The lowest BCUT2D eigenvalue weighted by atomic mass is 10.1. The van der Waals surface area contributed by atoms with Gasteiger partial charge in [-0.05, 0) is 48.4 Å². The Labute approximate surface area is 117 Å². The van der Waals surface area contributed by atoms with Crippen molar-refractivity contribution >= 4 is 23.0 Å². The Hall–Kier alpha value is -1.81. The maximum Gasteiger partial charge on any atom is 0.339 e. The highest BCUT2D eigenvalue weighted by molar-refractivity contribution is 7.07. The molecule has 1 aromatic heterocycles. The molecule has 1 aromatic carbocycles. The van der Waals surface area contributed by atoms with Gasteiger partial charge in [0.25, 0.3) is 0 Å². The van der Waals surface area contributed by atoms with Gasteiger partial charge in [0.2, 0.25) is 0 Å². The second-order valence-corrected chi connectivity index (χ2v) is 5.24. The molecule has 1 N–H and O–H groups in total. The van der Waals surface area contributed by atoms with Gasteiger partial charge in [0.1, 0.15) is 0 Å². The summed E-state index contributed by atoms with van der Waals surface area (Å²) in [5, 5.41) is 7.51. The highest BCUT2D eigenvalue weighted by Crippen LogP contribution is 2.25. The fourth-order valence-electron chi connectivity index (χ4n) is 1.90. The lowest BCUT2D eigenvalue weighted by Gasteiger charge is -2.17. The van der Waals surface area contributed by atoms with Gasteiger partial charge in [0.05, 0.1) is 12.7 Å². The van der Waals surface area contributed by atoms with Crippen LogP contribution < -0.4 is 5.32 Å². The number of benzene rings is 1. The molecule has 0 aliphatic carbocycles. The zero-order valence-electron chi connectivity index (χ0n) is 11.3. The minimum atomic E-state index is -0.316. The number of methoxy groups -OCH3 is 1. The molecule has 0 radical (unpaired) electrons. The van der Waals surface area contributed by atoms with Crippen LogP contribution in [0.3, 0.4) is 0 Å². The topological polar surface area (TPSA) is 38.3 Å². The van der Waals surface area contributed by atoms with Gasteiger partial charge in [-0.25, -0.2) is 4.79 Å². The molecule has 19 heavy (non-hydrogen) atoms. The Kier molecular flexibility index (Phi) is 4.22. The first-order valence-electron chi connectivity index (χ1n) is 6.09. The van der Waals surface area contributed by atoms with Crippen molar-refractivity contribution in [1.82, 2.24) is 0 Å². The first kappa shape index (κ1) is 13.6. The SMILES string of the molecule is COC(=O)c1cc(C)ccc1NC(C)c1ccsc1. The van der Waals surface area contributed by atoms with Gasteiger partial charge in [-0.15, -0.1) is 0 Å². The highest BCUT2D eigenvalue weighted by Gasteiger charge is 2.14. The number of ether oxygens (including phenoxy) is 1. The van der Waals surface area contributed by atoms with Crippen molar-refractivity contribution in [3.63, 3.8) is 0 Å². The van der Waals surface area contributed by atoms with Crippen molar-refractivity contribution in [2.24, 2.45) is 0 Å². The van der Waals surface area contributed by atoms with Gasteiger partial charge < -0.3 is 10.1 Å². The normalized spacial score (nSPS) is 11.9. The molecule has 100 valence electrons. The molecule has 2 rings (SSSR count). The van der Waals surface area contributed by atoms with Crippen molar-refractivity contribution in [2.75, 3.05) is 12.4 Å². The first-order valence-corrected chi connectivity index (χ1v) is 7.03. The van der Waals surface area contributed by atoms with Crippen LogP contribution in [-0.4, -0.2) is 13.1 Å². The highest BCUT2D eigenvalue weighted by atomic mass is 32.1. The lowest BCUT2D eigenvalue weighted by molar-refractivity contribution is 0.0601. The predicted octanol–water partition coefficient (Wildman–Crippen LogP) is 4.02. The van der Waals surface area contributed by atoms with Crippen molar-refractivity contribution in [3.8, 4) is 0 Å². The standard InChI is InChI=1S/C15H17NO2S/c1-10-4-5-14(13(8-10)15(17)18-3)16-11(2)12-6-7-19-9-12/h4-9,11,16H,1-3H3. The van der Waals surface area contributed by atoms with Crippen molar-refractivity contribution in [2.45, 2.75) is 19.9 Å². The Morgan fingerprint density at radius 2 is 2.16 bits per heavy atom. The average molecular weight is 275 g/mol. The summed E-state index contributed by atoms with van der Waals surface area (Å²) in [7, 11) is 1.40. The summed E-state index contributed by atoms with van der Waals surface area (Å²) in [5.41, 5.74) is 3.62. The van der Waals surface area contributed by atoms with Crippen LogP contribution in [-0.2, 0) is 4.74 Å². The van der Waals surface area contributed by atoms with E-state index in [0.29, 0.717) is 5.56 Å². The van der Waals surface area contributed by atoms with Crippen LogP contribution in [0, 0.1) is 6.92 Å². The molecule has 3 nitrogen and oxygen atoms in total. The van der Waals surface area contributed by atoms with Gasteiger partial charge >= 0.3 is 5.97 Å². The number of nitrogens with one attached hydrogen (secondary N) is 1. The molecule has 0 spiro atoms. The second-order valence-electron chi connectivity index (χ2n) is 4.46. The number of hydrogen-bond acceptors (Lipinski definition) is 4. The summed E-state index contributed by atoms with van der Waals surface area (Å²) in [5.74, 6) is -0.316. The molecule has 4 heteroatoms. The molecule has 0 fully saturated rings. The third-order valence-corrected chi connectivity index (χ3v) is 3.70. The van der Waals surface area contributed by atoms with Gasteiger partial charge in [-0.2, -0.15) is 11.3 Å². The van der Waals surface area contributed by atoms with Crippen LogP contribution in [0.4, 0.5) is 5.69 Å². The number of rotatable bonds is 4. The van der Waals surface area contributed by atoms with E-state index in [1.807, 2.05) is 30.5 Å². The number of carbonyl (C=O) groups excluding carboxylic acids is 1. The summed E-state index contributed by atoms with van der Waals surface area (Å²) in [4.78, 5) is 11.8.